The lowest BCUT2D eigenvalue weighted by Crippen LogP contribution is -2.33. The van der Waals surface area contributed by atoms with Crippen molar-refractivity contribution in [2.75, 3.05) is 10.2 Å². The standard InChI is InChI=1S/C29H18F4N4O6S2/c30-16-6-4-14(5-7-16)21-22-23(26(40)36(25(22)39)18-8-10-19(11-9-18)37(42)43)44-27-24(21)45-28(41)35(27)13-20(38)34-17-3-1-2-15(12-17)29(31,32)33/h1-12,21-23H,13H2,(H,34,38)/t21-,22-,23+/m0/s1. The molecule has 0 aliphatic carbocycles. The third kappa shape index (κ3) is 5.50. The van der Waals surface area contributed by atoms with E-state index >= 15 is 0 Å². The van der Waals surface area contributed by atoms with Gasteiger partial charge in [0.25, 0.3) is 5.69 Å². The van der Waals surface area contributed by atoms with Gasteiger partial charge in [-0.1, -0.05) is 41.3 Å². The van der Waals surface area contributed by atoms with Crippen LogP contribution in [0.15, 0.2) is 82.6 Å². The van der Waals surface area contributed by atoms with Crippen LogP contribution in [-0.4, -0.2) is 32.5 Å². The summed E-state index contributed by atoms with van der Waals surface area (Å²) in [4.78, 5) is 64.9. The van der Waals surface area contributed by atoms with E-state index in [1.165, 1.54) is 42.5 Å². The Balaban J connectivity index is 1.37. The number of halogens is 4. The molecule has 0 bridgehead atoms. The maximum Gasteiger partial charge on any atom is 0.416 e. The molecule has 2 aliphatic heterocycles. The number of carbonyl (C=O) groups is 3. The third-order valence-electron chi connectivity index (χ3n) is 7.37. The Kier molecular flexibility index (Phi) is 7.56. The van der Waals surface area contributed by atoms with Crippen LogP contribution in [0.25, 0.3) is 0 Å². The number of hydrogen-bond donors (Lipinski definition) is 1. The van der Waals surface area contributed by atoms with Crippen LogP contribution >= 0.6 is 23.1 Å². The molecule has 16 heteroatoms. The van der Waals surface area contributed by atoms with Gasteiger partial charge in [0.1, 0.15) is 17.6 Å². The van der Waals surface area contributed by atoms with Crippen molar-refractivity contribution in [2.45, 2.75) is 28.9 Å². The quantitative estimate of drug-likeness (QED) is 0.127. The van der Waals surface area contributed by atoms with E-state index in [1.807, 2.05) is 0 Å². The number of hydrogen-bond acceptors (Lipinski definition) is 8. The molecule has 6 rings (SSSR count). The van der Waals surface area contributed by atoms with Crippen molar-refractivity contribution in [1.29, 1.82) is 0 Å². The van der Waals surface area contributed by atoms with Gasteiger partial charge in [-0.2, -0.15) is 13.2 Å². The van der Waals surface area contributed by atoms with Gasteiger partial charge in [0.05, 0.1) is 27.1 Å². The van der Waals surface area contributed by atoms with Gasteiger partial charge in [0.2, 0.25) is 17.7 Å². The third-order valence-corrected chi connectivity index (χ3v) is 9.98. The molecule has 1 fully saturated rings. The number of imide groups is 1. The van der Waals surface area contributed by atoms with E-state index in [0.717, 1.165) is 62.9 Å². The van der Waals surface area contributed by atoms with Crippen LogP contribution < -0.4 is 15.1 Å². The SMILES string of the molecule is O=C(Cn1c2c(sc1=O)[C@@H](c1ccc(F)cc1)[C@@H]1C(=O)N(c3ccc([N+](=O)[O-])cc3)C(=O)[C@@H]1S2)Nc1cccc(C(F)(F)F)c1. The number of nitro groups is 1. The van der Waals surface area contributed by atoms with Crippen LogP contribution in [-0.2, 0) is 27.1 Å². The number of nitrogens with zero attached hydrogens (tertiary/aromatic N) is 3. The van der Waals surface area contributed by atoms with E-state index in [4.69, 9.17) is 0 Å². The zero-order valence-corrected chi connectivity index (χ0v) is 24.1. The topological polar surface area (TPSA) is 132 Å². The zero-order valence-electron chi connectivity index (χ0n) is 22.5. The van der Waals surface area contributed by atoms with Gasteiger partial charge < -0.3 is 5.32 Å². The van der Waals surface area contributed by atoms with Crippen molar-refractivity contribution in [3.8, 4) is 0 Å². The van der Waals surface area contributed by atoms with Gasteiger partial charge in [-0.25, -0.2) is 9.29 Å². The average Bonchev–Trinajstić information content (AvgIpc) is 3.43. The van der Waals surface area contributed by atoms with Crippen molar-refractivity contribution < 1.29 is 36.9 Å². The first-order valence-electron chi connectivity index (χ1n) is 13.1. The van der Waals surface area contributed by atoms with Crippen molar-refractivity contribution in [1.82, 2.24) is 4.57 Å². The Morgan fingerprint density at radius 1 is 0.978 bits per heavy atom. The first-order valence-corrected chi connectivity index (χ1v) is 14.8. The lowest BCUT2D eigenvalue weighted by atomic mass is 9.83. The second-order valence-corrected chi connectivity index (χ2v) is 12.3. The maximum atomic E-state index is 13.9. The zero-order chi connectivity index (χ0) is 32.2. The van der Waals surface area contributed by atoms with Gasteiger partial charge in [-0.05, 0) is 48.0 Å². The van der Waals surface area contributed by atoms with Gasteiger partial charge in [-0.3, -0.25) is 33.9 Å². The van der Waals surface area contributed by atoms with Crippen LogP contribution in [0.4, 0.5) is 34.6 Å². The number of nitro benzene ring substituents is 1. The Labute approximate surface area is 258 Å². The molecule has 10 nitrogen and oxygen atoms in total. The second-order valence-electron chi connectivity index (χ2n) is 10.1. The molecule has 3 amide bonds. The summed E-state index contributed by atoms with van der Waals surface area (Å²) < 4.78 is 54.4. The second kappa shape index (κ2) is 11.3. The highest BCUT2D eigenvalue weighted by Crippen LogP contribution is 2.54. The summed E-state index contributed by atoms with van der Waals surface area (Å²) in [5, 5.41) is 12.6. The van der Waals surface area contributed by atoms with E-state index in [0.29, 0.717) is 10.4 Å². The van der Waals surface area contributed by atoms with Gasteiger partial charge in [0, 0.05) is 28.6 Å². The monoisotopic (exact) mass is 658 g/mol. The Hall–Kier alpha value is -4.83. The number of alkyl halides is 3. The molecule has 230 valence electrons. The summed E-state index contributed by atoms with van der Waals surface area (Å²) in [5.41, 5.74) is -0.829. The molecule has 2 aliphatic rings. The minimum atomic E-state index is -4.64. The van der Waals surface area contributed by atoms with Crippen molar-refractivity contribution >= 4 is 57.9 Å². The van der Waals surface area contributed by atoms with Gasteiger partial charge in [0.15, 0.2) is 0 Å². The Bertz CT molecular complexity index is 1920. The minimum absolute atomic E-state index is 0.102. The van der Waals surface area contributed by atoms with E-state index in [9.17, 15) is 46.9 Å². The number of amides is 3. The van der Waals surface area contributed by atoms with Crippen molar-refractivity contribution in [2.24, 2.45) is 5.92 Å². The maximum absolute atomic E-state index is 13.9. The Morgan fingerprint density at radius 3 is 2.31 bits per heavy atom. The molecule has 0 radical (unpaired) electrons. The summed E-state index contributed by atoms with van der Waals surface area (Å²) in [5.74, 6) is -4.57. The van der Waals surface area contributed by atoms with E-state index < -0.39 is 68.7 Å². The molecule has 1 saturated heterocycles. The van der Waals surface area contributed by atoms with Gasteiger partial charge in [-0.15, -0.1) is 0 Å². The van der Waals surface area contributed by atoms with E-state index in [1.54, 1.807) is 0 Å². The fraction of sp³-hybridized carbons (Fsp3) is 0.172. The fourth-order valence-corrected chi connectivity index (χ4v) is 8.15. The molecule has 3 atom stereocenters. The molecule has 45 heavy (non-hydrogen) atoms. The van der Waals surface area contributed by atoms with Crippen molar-refractivity contribution in [3.05, 3.63) is 114 Å². The molecule has 0 saturated carbocycles. The highest BCUT2D eigenvalue weighted by atomic mass is 32.2. The Morgan fingerprint density at radius 2 is 1.67 bits per heavy atom. The first-order chi connectivity index (χ1) is 21.3. The number of thiazole rings is 1. The van der Waals surface area contributed by atoms with Crippen LogP contribution in [0.3, 0.4) is 0 Å². The molecular formula is C29H18F4N4O6S2. The molecule has 1 aromatic heterocycles. The number of fused-ring (bicyclic) bond motifs is 2. The number of aromatic nitrogens is 1. The average molecular weight is 659 g/mol. The summed E-state index contributed by atoms with van der Waals surface area (Å²) in [6.45, 7) is -0.602. The number of benzene rings is 3. The lowest BCUT2D eigenvalue weighted by molar-refractivity contribution is -0.384. The van der Waals surface area contributed by atoms with Crippen molar-refractivity contribution in [3.63, 3.8) is 0 Å². The summed E-state index contributed by atoms with van der Waals surface area (Å²) >= 11 is 1.64. The lowest BCUT2D eigenvalue weighted by Gasteiger charge is -2.30. The smallest absolute Gasteiger partial charge is 0.325 e. The van der Waals surface area contributed by atoms with Gasteiger partial charge >= 0.3 is 11.0 Å². The number of carbonyl (C=O) groups excluding carboxylic acids is 3. The normalized spacial score (nSPS) is 19.3. The van der Waals surface area contributed by atoms with Crippen LogP contribution in [0.5, 0.6) is 0 Å². The predicted octanol–water partition coefficient (Wildman–Crippen LogP) is 5.41. The number of rotatable bonds is 6. The molecular weight excluding hydrogens is 640 g/mol. The molecule has 0 unspecified atom stereocenters. The highest BCUT2D eigenvalue weighted by molar-refractivity contribution is 8.00. The first kappa shape index (κ1) is 30.2. The van der Waals surface area contributed by atoms with Crippen LogP contribution in [0, 0.1) is 21.8 Å². The molecule has 4 aromatic rings. The number of thioether (sulfide) groups is 1. The highest BCUT2D eigenvalue weighted by Gasteiger charge is 2.56. The minimum Gasteiger partial charge on any atom is -0.325 e. The van der Waals surface area contributed by atoms with Crippen LogP contribution in [0.1, 0.15) is 21.9 Å². The number of non-ortho nitro benzene ring substituents is 1. The number of anilines is 2. The molecule has 0 spiro atoms. The predicted molar refractivity (Wildman–Crippen MR) is 156 cm³/mol. The van der Waals surface area contributed by atoms with Crippen LogP contribution in [0.2, 0.25) is 0 Å². The molecule has 1 N–H and O–H groups in total. The van der Waals surface area contributed by atoms with E-state index in [-0.39, 0.29) is 22.1 Å². The fourth-order valence-electron chi connectivity index (χ4n) is 5.38. The van der Waals surface area contributed by atoms with E-state index in [2.05, 4.69) is 5.32 Å². The molecule has 3 aromatic carbocycles. The summed E-state index contributed by atoms with van der Waals surface area (Å²) in [6.07, 6.45) is -4.64. The molecule has 3 heterocycles. The largest absolute Gasteiger partial charge is 0.416 e. The summed E-state index contributed by atoms with van der Waals surface area (Å²) in [6, 6.07) is 14.0. The summed E-state index contributed by atoms with van der Waals surface area (Å²) in [7, 11) is 0. The number of nitrogens with one attached hydrogen (secondary N) is 1.